The molecule has 1 saturated heterocycles. The largest absolute Gasteiger partial charge is 0.365 e. The molecular weight excluding hydrogens is 448 g/mol. The van der Waals surface area contributed by atoms with Crippen molar-refractivity contribution in [1.29, 1.82) is 0 Å². The molecule has 1 aromatic carbocycles. The molecule has 0 amide bonds. The second-order valence-corrected chi connectivity index (χ2v) is 10.1. The van der Waals surface area contributed by atoms with Crippen molar-refractivity contribution < 1.29 is 0 Å². The summed E-state index contributed by atoms with van der Waals surface area (Å²) in [7, 11) is 0. The fraction of sp³-hybridized carbons (Fsp3) is 0.393. The van der Waals surface area contributed by atoms with Gasteiger partial charge in [0, 0.05) is 24.2 Å². The third-order valence-electron chi connectivity index (χ3n) is 7.58. The molecule has 0 bridgehead atoms. The number of rotatable bonds is 5. The van der Waals surface area contributed by atoms with Crippen LogP contribution in [-0.4, -0.2) is 56.6 Å². The van der Waals surface area contributed by atoms with Crippen molar-refractivity contribution in [1.82, 2.24) is 24.8 Å². The third kappa shape index (κ3) is 4.15. The predicted molar refractivity (Wildman–Crippen MR) is 144 cm³/mol. The first-order valence-corrected chi connectivity index (χ1v) is 13.1. The molecule has 36 heavy (non-hydrogen) atoms. The van der Waals surface area contributed by atoms with E-state index in [0.717, 1.165) is 55.0 Å². The number of benzene rings is 1. The third-order valence-corrected chi connectivity index (χ3v) is 7.58. The lowest BCUT2D eigenvalue weighted by Crippen LogP contribution is -2.29. The maximum Gasteiger partial charge on any atom is 0.254 e. The number of nitrogens with one attached hydrogen (secondary N) is 2. The number of anilines is 1. The molecule has 8 heteroatoms. The van der Waals surface area contributed by atoms with Gasteiger partial charge < -0.3 is 15.2 Å². The highest BCUT2D eigenvalue weighted by atomic mass is 15.2. The molecule has 0 radical (unpaired) electrons. The molecule has 4 heterocycles. The minimum Gasteiger partial charge on any atom is -0.365 e. The van der Waals surface area contributed by atoms with Crippen LogP contribution in [0.3, 0.4) is 0 Å². The summed E-state index contributed by atoms with van der Waals surface area (Å²) in [6, 6.07) is 11.6. The zero-order chi connectivity index (χ0) is 23.9. The van der Waals surface area contributed by atoms with E-state index in [-0.39, 0.29) is 6.04 Å². The van der Waals surface area contributed by atoms with Gasteiger partial charge in [-0.05, 0) is 68.5 Å². The summed E-state index contributed by atoms with van der Waals surface area (Å²) in [6.07, 6.45) is 15.7. The maximum absolute atomic E-state index is 4.93. The molecule has 2 N–H and O–H groups in total. The van der Waals surface area contributed by atoms with Gasteiger partial charge in [0.05, 0.1) is 18.1 Å². The van der Waals surface area contributed by atoms with Gasteiger partial charge in [-0.2, -0.15) is 9.97 Å². The molecule has 2 aliphatic carbocycles. The van der Waals surface area contributed by atoms with Crippen LogP contribution in [-0.2, 0) is 0 Å². The topological polar surface area (TPSA) is 92.4 Å². The highest BCUT2D eigenvalue weighted by Gasteiger charge is 2.28. The Morgan fingerprint density at radius 2 is 1.89 bits per heavy atom. The number of aromatic nitrogens is 4. The molecule has 2 aliphatic heterocycles. The zero-order valence-electron chi connectivity index (χ0n) is 20.2. The number of aliphatic imine (C=N–C) groups is 2. The molecule has 7 rings (SSSR count). The van der Waals surface area contributed by atoms with Crippen molar-refractivity contribution in [2.45, 2.75) is 56.1 Å². The number of piperidine rings is 1. The zero-order valence-corrected chi connectivity index (χ0v) is 20.2. The van der Waals surface area contributed by atoms with Crippen molar-refractivity contribution in [2.24, 2.45) is 9.98 Å². The van der Waals surface area contributed by atoms with Crippen molar-refractivity contribution in [3.05, 3.63) is 66.0 Å². The second-order valence-electron chi connectivity index (χ2n) is 10.1. The van der Waals surface area contributed by atoms with E-state index in [1.165, 1.54) is 24.0 Å². The minimum absolute atomic E-state index is 0.0692. The van der Waals surface area contributed by atoms with Gasteiger partial charge in [0.2, 0.25) is 0 Å². The van der Waals surface area contributed by atoms with Crippen molar-refractivity contribution >= 4 is 34.9 Å². The standard InChI is InChI=1S/C28H30N8/c1-2-4-18(5-3-1)22-12-15-30-24-9-8-20(16-23(22)24)33-28-34-26(32-19-6-7-19)25-27(35-28)36(17-31-25)21-10-13-29-14-11-21/h1-5,8-9,15-17,19,21-22,24,29H,6-7,10-14H2,(H,32,34,35). The minimum atomic E-state index is 0.0692. The number of allylic oxidation sites excluding steroid dienone is 2. The van der Waals surface area contributed by atoms with Gasteiger partial charge in [0.25, 0.3) is 5.95 Å². The van der Waals surface area contributed by atoms with E-state index in [2.05, 4.69) is 63.9 Å². The summed E-state index contributed by atoms with van der Waals surface area (Å²) in [4.78, 5) is 24.1. The Hall–Kier alpha value is -3.65. The van der Waals surface area contributed by atoms with E-state index < -0.39 is 0 Å². The molecule has 2 unspecified atom stereocenters. The average molecular weight is 479 g/mol. The van der Waals surface area contributed by atoms with E-state index in [0.29, 0.717) is 23.9 Å². The molecule has 2 aromatic heterocycles. The number of imidazole rings is 1. The Labute approximate surface area is 210 Å². The Morgan fingerprint density at radius 3 is 2.72 bits per heavy atom. The van der Waals surface area contributed by atoms with Crippen LogP contribution in [0.15, 0.2) is 70.4 Å². The average Bonchev–Trinajstić information content (AvgIpc) is 3.64. The monoisotopic (exact) mass is 478 g/mol. The number of hydrogen-bond acceptors (Lipinski definition) is 7. The molecule has 182 valence electrons. The van der Waals surface area contributed by atoms with Crippen LogP contribution < -0.4 is 10.6 Å². The second kappa shape index (κ2) is 9.09. The lowest BCUT2D eigenvalue weighted by Gasteiger charge is -2.29. The molecular formula is C28H30N8. The first-order valence-electron chi connectivity index (χ1n) is 13.1. The Kier molecular flexibility index (Phi) is 5.46. The number of fused-ring (bicyclic) bond motifs is 2. The predicted octanol–water partition coefficient (Wildman–Crippen LogP) is 4.52. The highest BCUT2D eigenvalue weighted by Crippen LogP contribution is 2.36. The van der Waals surface area contributed by atoms with Gasteiger partial charge in [-0.15, -0.1) is 0 Å². The Balaban J connectivity index is 1.28. The van der Waals surface area contributed by atoms with Gasteiger partial charge >= 0.3 is 0 Å². The number of hydrogen-bond donors (Lipinski definition) is 2. The SMILES string of the molecule is C1=CC2N=CCC(c3ccccc3)C2=CC1=Nc1nc(NC2CC2)c2ncn(C3CCNCC3)c2n1. The van der Waals surface area contributed by atoms with Crippen LogP contribution in [0.4, 0.5) is 11.8 Å². The Morgan fingerprint density at radius 1 is 1.03 bits per heavy atom. The van der Waals surface area contributed by atoms with Crippen LogP contribution in [0, 0.1) is 0 Å². The normalized spacial score (nSPS) is 25.2. The van der Waals surface area contributed by atoms with E-state index in [1.54, 1.807) is 0 Å². The van der Waals surface area contributed by atoms with Gasteiger partial charge in [0.15, 0.2) is 17.0 Å². The summed E-state index contributed by atoms with van der Waals surface area (Å²) >= 11 is 0. The summed E-state index contributed by atoms with van der Waals surface area (Å²) < 4.78 is 2.23. The van der Waals surface area contributed by atoms with Gasteiger partial charge in [0.1, 0.15) is 0 Å². The van der Waals surface area contributed by atoms with Crippen molar-refractivity contribution in [2.75, 3.05) is 18.4 Å². The molecule has 4 aliphatic rings. The first kappa shape index (κ1) is 21.6. The molecule has 0 spiro atoms. The van der Waals surface area contributed by atoms with Crippen LogP contribution in [0.25, 0.3) is 11.2 Å². The quantitative estimate of drug-likeness (QED) is 0.563. The fourth-order valence-corrected chi connectivity index (χ4v) is 5.49. The lowest BCUT2D eigenvalue weighted by molar-refractivity contribution is 0.373. The Bertz CT molecular complexity index is 1390. The van der Waals surface area contributed by atoms with Crippen molar-refractivity contribution in [3.8, 4) is 0 Å². The number of nitrogens with zero attached hydrogens (tertiary/aromatic N) is 6. The van der Waals surface area contributed by atoms with Crippen LogP contribution in [0.5, 0.6) is 0 Å². The van der Waals surface area contributed by atoms with Gasteiger partial charge in [-0.25, -0.2) is 9.98 Å². The van der Waals surface area contributed by atoms with E-state index >= 15 is 0 Å². The molecule has 8 nitrogen and oxygen atoms in total. The van der Waals surface area contributed by atoms with Crippen LogP contribution in [0.1, 0.15) is 49.6 Å². The molecule has 2 atom stereocenters. The summed E-state index contributed by atoms with van der Waals surface area (Å²) in [5.74, 6) is 1.58. The smallest absolute Gasteiger partial charge is 0.254 e. The maximum atomic E-state index is 4.93. The highest BCUT2D eigenvalue weighted by molar-refractivity contribution is 6.07. The van der Waals surface area contributed by atoms with Gasteiger partial charge in [-0.3, -0.25) is 4.99 Å². The molecule has 1 saturated carbocycles. The fourth-order valence-electron chi connectivity index (χ4n) is 5.49. The summed E-state index contributed by atoms with van der Waals surface area (Å²) in [6.45, 7) is 2.03. The first-order chi connectivity index (χ1) is 17.8. The van der Waals surface area contributed by atoms with Gasteiger partial charge in [-0.1, -0.05) is 36.4 Å². The molecule has 2 fully saturated rings. The van der Waals surface area contributed by atoms with Crippen LogP contribution >= 0.6 is 0 Å². The van der Waals surface area contributed by atoms with E-state index in [4.69, 9.17) is 24.9 Å². The summed E-state index contributed by atoms with van der Waals surface area (Å²) in [5.41, 5.74) is 5.17. The van der Waals surface area contributed by atoms with E-state index in [1.807, 2.05) is 12.4 Å². The van der Waals surface area contributed by atoms with Crippen LogP contribution in [0.2, 0.25) is 0 Å². The van der Waals surface area contributed by atoms with E-state index in [9.17, 15) is 0 Å². The van der Waals surface area contributed by atoms with Crippen molar-refractivity contribution in [3.63, 3.8) is 0 Å². The lowest BCUT2D eigenvalue weighted by atomic mass is 9.80. The molecule has 3 aromatic rings. The summed E-state index contributed by atoms with van der Waals surface area (Å²) in [5, 5.41) is 7.01.